The number of thiazole rings is 1. The number of hydrogen-bond acceptors (Lipinski definition) is 5. The van der Waals surface area contributed by atoms with Crippen LogP contribution in [0.5, 0.6) is 0 Å². The molecule has 7 heteroatoms. The summed E-state index contributed by atoms with van der Waals surface area (Å²) in [5.74, 6) is -0.248. The van der Waals surface area contributed by atoms with Crippen LogP contribution in [0.1, 0.15) is 5.56 Å². The first kappa shape index (κ1) is 14.2. The summed E-state index contributed by atoms with van der Waals surface area (Å²) < 4.78 is 16.5. The minimum atomic E-state index is -0.248. The number of aryl methyl sites for hydroxylation is 2. The number of nitrogens with zero attached hydrogens (tertiary/aromatic N) is 3. The van der Waals surface area contributed by atoms with E-state index in [1.165, 1.54) is 40.1 Å². The molecule has 0 bridgehead atoms. The van der Waals surface area contributed by atoms with Crippen molar-refractivity contribution in [2.75, 3.05) is 6.26 Å². The summed E-state index contributed by atoms with van der Waals surface area (Å²) in [5.41, 5.74) is 0.962. The standard InChI is InChI=1S/C14H12FN3OS2/c1-20-14-17-12-11(21-14)13(19)18(8-16-12)7-6-9-4-2-3-5-10(9)15/h2-5,8H,6-7H2,1H3. The van der Waals surface area contributed by atoms with Crippen molar-refractivity contribution in [1.82, 2.24) is 14.5 Å². The van der Waals surface area contributed by atoms with Crippen LogP contribution in [-0.4, -0.2) is 20.8 Å². The molecule has 3 aromatic rings. The SMILES string of the molecule is CSc1nc2ncn(CCc3ccccc3F)c(=O)c2s1. The molecule has 0 unspecified atom stereocenters. The number of thioether (sulfide) groups is 1. The third-order valence-corrected chi connectivity index (χ3v) is 5.14. The molecule has 21 heavy (non-hydrogen) atoms. The third-order valence-electron chi connectivity index (χ3n) is 3.12. The molecule has 2 aromatic heterocycles. The molecule has 3 rings (SSSR count). The Morgan fingerprint density at radius 2 is 2.19 bits per heavy atom. The average Bonchev–Trinajstić information content (AvgIpc) is 2.92. The highest BCUT2D eigenvalue weighted by Crippen LogP contribution is 2.24. The lowest BCUT2D eigenvalue weighted by Crippen LogP contribution is -2.21. The molecule has 0 saturated heterocycles. The van der Waals surface area contributed by atoms with Gasteiger partial charge in [-0.3, -0.25) is 9.36 Å². The second kappa shape index (κ2) is 5.95. The van der Waals surface area contributed by atoms with Crippen LogP contribution in [0.15, 0.2) is 39.7 Å². The van der Waals surface area contributed by atoms with Crippen molar-refractivity contribution in [2.24, 2.45) is 0 Å². The fourth-order valence-corrected chi connectivity index (χ4v) is 3.48. The van der Waals surface area contributed by atoms with Gasteiger partial charge in [0, 0.05) is 6.54 Å². The quantitative estimate of drug-likeness (QED) is 0.693. The molecule has 0 aliphatic rings. The van der Waals surface area contributed by atoms with Crippen LogP contribution in [0.2, 0.25) is 0 Å². The first-order chi connectivity index (χ1) is 10.2. The number of benzene rings is 1. The van der Waals surface area contributed by atoms with E-state index in [2.05, 4.69) is 9.97 Å². The monoisotopic (exact) mass is 321 g/mol. The lowest BCUT2D eigenvalue weighted by molar-refractivity contribution is 0.587. The van der Waals surface area contributed by atoms with Crippen LogP contribution < -0.4 is 5.56 Å². The zero-order valence-electron chi connectivity index (χ0n) is 11.2. The Labute approximate surface area is 128 Å². The summed E-state index contributed by atoms with van der Waals surface area (Å²) >= 11 is 2.84. The molecule has 0 fully saturated rings. The van der Waals surface area contributed by atoms with Gasteiger partial charge in [-0.25, -0.2) is 14.4 Å². The molecule has 0 amide bonds. The van der Waals surface area contributed by atoms with E-state index in [1.807, 2.05) is 6.26 Å². The smallest absolute Gasteiger partial charge is 0.273 e. The van der Waals surface area contributed by atoms with Gasteiger partial charge in [-0.15, -0.1) is 11.3 Å². The van der Waals surface area contributed by atoms with Crippen LogP contribution in [0.4, 0.5) is 4.39 Å². The van der Waals surface area contributed by atoms with Crippen LogP contribution in [-0.2, 0) is 13.0 Å². The van der Waals surface area contributed by atoms with E-state index < -0.39 is 0 Å². The number of fused-ring (bicyclic) bond motifs is 1. The van der Waals surface area contributed by atoms with Gasteiger partial charge >= 0.3 is 0 Å². The molecule has 0 atom stereocenters. The van der Waals surface area contributed by atoms with E-state index in [-0.39, 0.29) is 11.4 Å². The highest BCUT2D eigenvalue weighted by Gasteiger charge is 2.10. The van der Waals surface area contributed by atoms with Gasteiger partial charge in [0.05, 0.1) is 0 Å². The van der Waals surface area contributed by atoms with E-state index in [9.17, 15) is 9.18 Å². The minimum Gasteiger partial charge on any atom is -0.298 e. The van der Waals surface area contributed by atoms with Gasteiger partial charge in [0.1, 0.15) is 16.8 Å². The van der Waals surface area contributed by atoms with E-state index in [0.29, 0.717) is 28.9 Å². The molecule has 0 aliphatic carbocycles. The number of hydrogen-bond donors (Lipinski definition) is 0. The summed E-state index contributed by atoms with van der Waals surface area (Å²) in [6.45, 7) is 0.398. The van der Waals surface area contributed by atoms with Gasteiger partial charge in [-0.1, -0.05) is 30.0 Å². The van der Waals surface area contributed by atoms with Crippen molar-refractivity contribution in [3.8, 4) is 0 Å². The normalized spacial score (nSPS) is 11.1. The maximum absolute atomic E-state index is 13.6. The van der Waals surface area contributed by atoms with Crippen molar-refractivity contribution >= 4 is 33.4 Å². The number of halogens is 1. The Morgan fingerprint density at radius 3 is 2.95 bits per heavy atom. The van der Waals surface area contributed by atoms with E-state index in [4.69, 9.17) is 0 Å². The summed E-state index contributed by atoms with van der Waals surface area (Å²) in [4.78, 5) is 20.8. The topological polar surface area (TPSA) is 47.8 Å². The Morgan fingerprint density at radius 1 is 1.38 bits per heavy atom. The molecular weight excluding hydrogens is 309 g/mol. The Balaban J connectivity index is 1.89. The number of rotatable bonds is 4. The summed E-state index contributed by atoms with van der Waals surface area (Å²) in [5, 5.41) is 0. The van der Waals surface area contributed by atoms with Crippen LogP contribution >= 0.6 is 23.1 Å². The predicted molar refractivity (Wildman–Crippen MR) is 83.6 cm³/mol. The Bertz CT molecular complexity index is 844. The first-order valence-corrected chi connectivity index (χ1v) is 8.36. The highest BCUT2D eigenvalue weighted by atomic mass is 32.2. The minimum absolute atomic E-state index is 0.117. The Hall–Kier alpha value is -1.73. The van der Waals surface area contributed by atoms with Crippen molar-refractivity contribution in [2.45, 2.75) is 17.3 Å². The van der Waals surface area contributed by atoms with Gasteiger partial charge in [0.2, 0.25) is 0 Å². The van der Waals surface area contributed by atoms with Gasteiger partial charge in [0.15, 0.2) is 9.99 Å². The van der Waals surface area contributed by atoms with Crippen molar-refractivity contribution in [3.63, 3.8) is 0 Å². The average molecular weight is 321 g/mol. The zero-order chi connectivity index (χ0) is 14.8. The molecule has 0 N–H and O–H groups in total. The summed E-state index contributed by atoms with van der Waals surface area (Å²) in [7, 11) is 0. The van der Waals surface area contributed by atoms with E-state index in [0.717, 1.165) is 4.34 Å². The summed E-state index contributed by atoms with van der Waals surface area (Å²) in [6, 6.07) is 6.59. The number of aromatic nitrogens is 3. The molecule has 1 aromatic carbocycles. The largest absolute Gasteiger partial charge is 0.298 e. The summed E-state index contributed by atoms with van der Waals surface area (Å²) in [6.07, 6.45) is 3.84. The molecular formula is C14H12FN3OS2. The third kappa shape index (κ3) is 2.84. The molecule has 108 valence electrons. The molecule has 0 radical (unpaired) electrons. The maximum atomic E-state index is 13.6. The fraction of sp³-hybridized carbons (Fsp3) is 0.214. The van der Waals surface area contributed by atoms with E-state index >= 15 is 0 Å². The fourth-order valence-electron chi connectivity index (χ4n) is 2.02. The van der Waals surface area contributed by atoms with Crippen molar-refractivity contribution in [3.05, 3.63) is 52.3 Å². The zero-order valence-corrected chi connectivity index (χ0v) is 12.9. The van der Waals surface area contributed by atoms with Crippen molar-refractivity contribution in [1.29, 1.82) is 0 Å². The van der Waals surface area contributed by atoms with Gasteiger partial charge in [-0.05, 0) is 24.3 Å². The highest BCUT2D eigenvalue weighted by molar-refractivity contribution is 8.00. The maximum Gasteiger partial charge on any atom is 0.273 e. The van der Waals surface area contributed by atoms with Crippen LogP contribution in [0, 0.1) is 5.82 Å². The second-order valence-corrected chi connectivity index (χ2v) is 6.47. The molecule has 0 aliphatic heterocycles. The molecule has 4 nitrogen and oxygen atoms in total. The van der Waals surface area contributed by atoms with Crippen LogP contribution in [0.3, 0.4) is 0 Å². The molecule has 0 saturated carbocycles. The lowest BCUT2D eigenvalue weighted by atomic mass is 10.1. The lowest BCUT2D eigenvalue weighted by Gasteiger charge is -2.05. The van der Waals surface area contributed by atoms with E-state index in [1.54, 1.807) is 18.2 Å². The Kier molecular flexibility index (Phi) is 4.03. The first-order valence-electron chi connectivity index (χ1n) is 6.32. The second-order valence-electron chi connectivity index (χ2n) is 4.42. The predicted octanol–water partition coefficient (Wildman–Crippen LogP) is 2.96. The van der Waals surface area contributed by atoms with Crippen molar-refractivity contribution < 1.29 is 4.39 Å². The van der Waals surface area contributed by atoms with Gasteiger partial charge in [0.25, 0.3) is 5.56 Å². The van der Waals surface area contributed by atoms with Crippen LogP contribution in [0.25, 0.3) is 10.3 Å². The molecule has 0 spiro atoms. The van der Waals surface area contributed by atoms with Gasteiger partial charge < -0.3 is 0 Å². The van der Waals surface area contributed by atoms with Gasteiger partial charge in [-0.2, -0.15) is 0 Å². The molecule has 2 heterocycles.